The number of thioether (sulfide) groups is 1. The molecule has 1 aliphatic rings. The lowest BCUT2D eigenvalue weighted by Gasteiger charge is -1.98. The molecule has 0 spiro atoms. The van der Waals surface area contributed by atoms with Crippen molar-refractivity contribution >= 4 is 62.9 Å². The summed E-state index contributed by atoms with van der Waals surface area (Å²) in [4.78, 5) is 43.6. The fraction of sp³-hybridized carbons (Fsp3) is 0.118. The zero-order valence-electron chi connectivity index (χ0n) is 14.2. The number of hydrogen-bond donors (Lipinski definition) is 4. The van der Waals surface area contributed by atoms with Crippen molar-refractivity contribution in [2.75, 3.05) is 5.32 Å². The lowest BCUT2D eigenvalue weighted by atomic mass is 10.3. The highest BCUT2D eigenvalue weighted by Crippen LogP contribution is 2.30. The minimum atomic E-state index is -1.05. The molecule has 0 unspecified atom stereocenters. The Kier molecular flexibility index (Phi) is 6.06. The molecule has 144 valence electrons. The topological polar surface area (TPSA) is 141 Å². The summed E-state index contributed by atoms with van der Waals surface area (Å²) in [6.45, 7) is 0. The molecule has 0 aliphatic carbocycles. The predicted molar refractivity (Wildman–Crippen MR) is 107 cm³/mol. The van der Waals surface area contributed by atoms with Crippen LogP contribution in [0.5, 0.6) is 5.75 Å². The van der Waals surface area contributed by atoms with E-state index in [1.807, 2.05) is 0 Å². The molecule has 2 amide bonds. The summed E-state index contributed by atoms with van der Waals surface area (Å²) < 4.78 is 0. The number of thiazole rings is 1. The Balaban J connectivity index is 1.64. The van der Waals surface area contributed by atoms with Gasteiger partial charge in [0.25, 0.3) is 5.91 Å². The molecule has 4 N–H and O–H groups in total. The highest BCUT2D eigenvalue weighted by atomic mass is 32.2. The second kappa shape index (κ2) is 8.67. The van der Waals surface area contributed by atoms with Gasteiger partial charge in [-0.1, -0.05) is 11.3 Å². The average molecular weight is 418 g/mol. The fourth-order valence-corrected chi connectivity index (χ4v) is 3.75. The van der Waals surface area contributed by atoms with Crippen LogP contribution in [0.25, 0.3) is 6.08 Å². The number of aliphatic carboxylic acids is 1. The Labute approximate surface area is 167 Å². The number of amidine groups is 1. The monoisotopic (exact) mass is 418 g/mol. The summed E-state index contributed by atoms with van der Waals surface area (Å²) in [6.07, 6.45) is 2.74. The van der Waals surface area contributed by atoms with E-state index in [-0.39, 0.29) is 24.5 Å². The van der Waals surface area contributed by atoms with Crippen molar-refractivity contribution in [2.45, 2.75) is 12.8 Å². The first kappa shape index (κ1) is 19.6. The van der Waals surface area contributed by atoms with Crippen LogP contribution in [-0.4, -0.2) is 38.1 Å². The molecule has 3 rings (SSSR count). The number of amides is 2. The summed E-state index contributed by atoms with van der Waals surface area (Å²) in [6, 6.07) is 6.25. The van der Waals surface area contributed by atoms with Crippen molar-refractivity contribution in [1.82, 2.24) is 10.3 Å². The van der Waals surface area contributed by atoms with E-state index in [9.17, 15) is 19.5 Å². The van der Waals surface area contributed by atoms with Gasteiger partial charge in [0.05, 0.1) is 21.9 Å². The van der Waals surface area contributed by atoms with Crippen LogP contribution >= 0.6 is 23.1 Å². The molecule has 1 saturated heterocycles. The molecule has 0 bridgehead atoms. The van der Waals surface area contributed by atoms with E-state index in [1.165, 1.54) is 18.3 Å². The minimum absolute atomic E-state index is 0.128. The SMILES string of the molecule is O=C(O)CCC(=O)Nc1ncc(/C=C2\SC(=Nc3ccc(O)cc3)NC2=O)s1. The quantitative estimate of drug-likeness (QED) is 0.528. The first-order valence-electron chi connectivity index (χ1n) is 7.95. The van der Waals surface area contributed by atoms with Crippen molar-refractivity contribution < 1.29 is 24.6 Å². The molecule has 11 heteroatoms. The summed E-state index contributed by atoms with van der Waals surface area (Å²) >= 11 is 2.32. The van der Waals surface area contributed by atoms with Gasteiger partial charge in [-0.15, -0.1) is 0 Å². The molecule has 9 nitrogen and oxygen atoms in total. The maximum absolute atomic E-state index is 12.1. The first-order chi connectivity index (χ1) is 13.4. The molecular formula is C17H14N4O5S2. The van der Waals surface area contributed by atoms with Crippen LogP contribution in [-0.2, 0) is 14.4 Å². The van der Waals surface area contributed by atoms with E-state index in [0.717, 1.165) is 23.1 Å². The number of benzene rings is 1. The van der Waals surface area contributed by atoms with Gasteiger partial charge in [0, 0.05) is 12.6 Å². The largest absolute Gasteiger partial charge is 0.508 e. The summed E-state index contributed by atoms with van der Waals surface area (Å²) in [5.74, 6) is -1.66. The van der Waals surface area contributed by atoms with Gasteiger partial charge in [-0.25, -0.2) is 9.98 Å². The standard InChI is InChI=1S/C17H14N4O5S2/c22-10-3-1-9(2-4-10)19-17-21-15(26)12(28-17)7-11-8-18-16(27-11)20-13(23)5-6-14(24)25/h1-4,7-8,22H,5-6H2,(H,24,25)(H,18,20,23)(H,19,21,26)/b12-7-. The normalized spacial score (nSPS) is 16.4. The summed E-state index contributed by atoms with van der Waals surface area (Å²) in [5.41, 5.74) is 0.589. The second-order valence-corrected chi connectivity index (χ2v) is 7.60. The number of carbonyl (C=O) groups excluding carboxylic acids is 2. The third-order valence-electron chi connectivity index (χ3n) is 3.34. The van der Waals surface area contributed by atoms with E-state index < -0.39 is 11.9 Å². The Morgan fingerprint density at radius 2 is 2.00 bits per heavy atom. The van der Waals surface area contributed by atoms with Crippen LogP contribution < -0.4 is 10.6 Å². The molecule has 0 saturated carbocycles. The van der Waals surface area contributed by atoms with Crippen LogP contribution in [0.1, 0.15) is 17.7 Å². The molecule has 2 heterocycles. The van der Waals surface area contributed by atoms with Crippen molar-refractivity contribution in [2.24, 2.45) is 4.99 Å². The maximum atomic E-state index is 12.1. The third kappa shape index (κ3) is 5.41. The van der Waals surface area contributed by atoms with Crippen molar-refractivity contribution in [1.29, 1.82) is 0 Å². The Bertz CT molecular complexity index is 982. The number of hydrogen-bond acceptors (Lipinski definition) is 8. The number of nitrogens with zero attached hydrogens (tertiary/aromatic N) is 2. The number of nitrogens with one attached hydrogen (secondary N) is 2. The highest BCUT2D eigenvalue weighted by molar-refractivity contribution is 8.18. The number of aliphatic imine (C=N–C) groups is 1. The van der Waals surface area contributed by atoms with E-state index in [4.69, 9.17) is 5.11 Å². The van der Waals surface area contributed by atoms with Gasteiger partial charge in [-0.2, -0.15) is 0 Å². The zero-order chi connectivity index (χ0) is 20.1. The average Bonchev–Trinajstić information content (AvgIpc) is 3.22. The molecule has 1 aromatic heterocycles. The summed E-state index contributed by atoms with van der Waals surface area (Å²) in [7, 11) is 0. The lowest BCUT2D eigenvalue weighted by Crippen LogP contribution is -2.19. The van der Waals surface area contributed by atoms with E-state index in [0.29, 0.717) is 25.8 Å². The molecule has 28 heavy (non-hydrogen) atoms. The van der Waals surface area contributed by atoms with Gasteiger partial charge in [0.1, 0.15) is 5.75 Å². The number of aromatic nitrogens is 1. The Morgan fingerprint density at radius 3 is 2.71 bits per heavy atom. The van der Waals surface area contributed by atoms with Crippen molar-refractivity contribution in [3.63, 3.8) is 0 Å². The number of aromatic hydroxyl groups is 1. The first-order valence-corrected chi connectivity index (χ1v) is 9.58. The predicted octanol–water partition coefficient (Wildman–Crippen LogP) is 2.54. The molecule has 1 aromatic carbocycles. The Morgan fingerprint density at radius 1 is 1.25 bits per heavy atom. The molecule has 0 atom stereocenters. The molecule has 2 aromatic rings. The van der Waals surface area contributed by atoms with Gasteiger partial charge >= 0.3 is 5.97 Å². The minimum Gasteiger partial charge on any atom is -0.508 e. The third-order valence-corrected chi connectivity index (χ3v) is 5.11. The van der Waals surface area contributed by atoms with E-state index >= 15 is 0 Å². The smallest absolute Gasteiger partial charge is 0.303 e. The van der Waals surface area contributed by atoms with Crippen molar-refractivity contribution in [3.8, 4) is 5.75 Å². The second-order valence-electron chi connectivity index (χ2n) is 5.51. The van der Waals surface area contributed by atoms with Gasteiger partial charge in [-0.05, 0) is 42.1 Å². The number of phenolic OH excluding ortho intramolecular Hbond substituents is 1. The number of carboxylic acids is 1. The number of carboxylic acid groups (broad SMARTS) is 1. The number of phenols is 1. The fourth-order valence-electron chi connectivity index (χ4n) is 2.07. The van der Waals surface area contributed by atoms with Crippen LogP contribution in [0.2, 0.25) is 0 Å². The van der Waals surface area contributed by atoms with Crippen LogP contribution in [0.3, 0.4) is 0 Å². The zero-order valence-corrected chi connectivity index (χ0v) is 15.8. The van der Waals surface area contributed by atoms with Gasteiger partial charge in [0.2, 0.25) is 5.91 Å². The molecule has 1 aliphatic heterocycles. The molecular weight excluding hydrogens is 404 g/mol. The van der Waals surface area contributed by atoms with Crippen LogP contribution in [0.15, 0.2) is 40.4 Å². The van der Waals surface area contributed by atoms with E-state index in [1.54, 1.807) is 18.2 Å². The molecule has 1 fully saturated rings. The van der Waals surface area contributed by atoms with Crippen LogP contribution in [0, 0.1) is 0 Å². The van der Waals surface area contributed by atoms with Gasteiger partial charge in [-0.3, -0.25) is 14.4 Å². The maximum Gasteiger partial charge on any atom is 0.303 e. The highest BCUT2D eigenvalue weighted by Gasteiger charge is 2.24. The lowest BCUT2D eigenvalue weighted by molar-refractivity contribution is -0.138. The van der Waals surface area contributed by atoms with Crippen LogP contribution in [0.4, 0.5) is 10.8 Å². The van der Waals surface area contributed by atoms with Gasteiger partial charge < -0.3 is 20.8 Å². The number of anilines is 1. The Hall–Kier alpha value is -3.18. The number of rotatable bonds is 6. The number of carbonyl (C=O) groups is 3. The summed E-state index contributed by atoms with van der Waals surface area (Å²) in [5, 5.41) is 23.8. The molecule has 0 radical (unpaired) electrons. The van der Waals surface area contributed by atoms with Crippen molar-refractivity contribution in [3.05, 3.63) is 40.2 Å². The van der Waals surface area contributed by atoms with Gasteiger partial charge in [0.15, 0.2) is 10.3 Å². The van der Waals surface area contributed by atoms with E-state index in [2.05, 4.69) is 20.6 Å².